The van der Waals surface area contributed by atoms with Crippen molar-refractivity contribution in [3.63, 3.8) is 0 Å². The molecule has 0 aromatic heterocycles. The molecule has 0 aliphatic carbocycles. The predicted octanol–water partition coefficient (Wildman–Crippen LogP) is 3.66. The Morgan fingerprint density at radius 2 is 1.41 bits per heavy atom. The Morgan fingerprint density at radius 3 is 2.03 bits per heavy atom. The van der Waals surface area contributed by atoms with Gasteiger partial charge in [0.05, 0.1) is 6.10 Å². The minimum Gasteiger partial charge on any atom is -0.387 e. The molecule has 0 saturated carbocycles. The fourth-order valence-corrected chi connectivity index (χ4v) is 2.98. The zero-order chi connectivity index (χ0) is 20.6. The van der Waals surface area contributed by atoms with Crippen LogP contribution in [0.3, 0.4) is 0 Å². The lowest BCUT2D eigenvalue weighted by atomic mass is 10.0. The van der Waals surface area contributed by atoms with E-state index >= 15 is 0 Å². The van der Waals surface area contributed by atoms with Gasteiger partial charge in [0.2, 0.25) is 5.91 Å². The monoisotopic (exact) mass is 408 g/mol. The van der Waals surface area contributed by atoms with Gasteiger partial charge in [0, 0.05) is 17.1 Å². The van der Waals surface area contributed by atoms with E-state index < -0.39 is 18.1 Å². The van der Waals surface area contributed by atoms with Crippen molar-refractivity contribution >= 4 is 23.4 Å². The van der Waals surface area contributed by atoms with E-state index in [4.69, 9.17) is 11.6 Å². The molecule has 0 radical (unpaired) electrons. The molecule has 3 aromatic carbocycles. The molecule has 0 aliphatic rings. The van der Waals surface area contributed by atoms with Gasteiger partial charge < -0.3 is 15.7 Å². The van der Waals surface area contributed by atoms with Crippen molar-refractivity contribution in [3.05, 3.63) is 107 Å². The third-order valence-corrected chi connectivity index (χ3v) is 4.68. The molecule has 6 heteroatoms. The maximum absolute atomic E-state index is 12.8. The number of carbonyl (C=O) groups excluding carboxylic acids is 2. The Hall–Kier alpha value is -3.15. The summed E-state index contributed by atoms with van der Waals surface area (Å²) in [7, 11) is 0. The van der Waals surface area contributed by atoms with Gasteiger partial charge in [-0.3, -0.25) is 9.59 Å². The van der Waals surface area contributed by atoms with E-state index in [1.165, 1.54) is 0 Å². The lowest BCUT2D eigenvalue weighted by molar-refractivity contribution is -0.123. The second kappa shape index (κ2) is 9.87. The van der Waals surface area contributed by atoms with Crippen LogP contribution < -0.4 is 10.6 Å². The van der Waals surface area contributed by atoms with Gasteiger partial charge in [-0.15, -0.1) is 0 Å². The fraction of sp³-hybridized carbons (Fsp3) is 0.130. The van der Waals surface area contributed by atoms with E-state index in [2.05, 4.69) is 10.6 Å². The van der Waals surface area contributed by atoms with Crippen molar-refractivity contribution in [2.75, 3.05) is 6.54 Å². The number of amides is 2. The minimum absolute atomic E-state index is 0.00497. The molecule has 5 nitrogen and oxygen atoms in total. The summed E-state index contributed by atoms with van der Waals surface area (Å²) >= 11 is 5.86. The van der Waals surface area contributed by atoms with Crippen molar-refractivity contribution in [1.29, 1.82) is 0 Å². The zero-order valence-electron chi connectivity index (χ0n) is 15.6. The summed E-state index contributed by atoms with van der Waals surface area (Å²) in [5.41, 5.74) is 1.75. The summed E-state index contributed by atoms with van der Waals surface area (Å²) in [5.74, 6) is -0.763. The molecule has 0 saturated heterocycles. The predicted molar refractivity (Wildman–Crippen MR) is 113 cm³/mol. The maximum Gasteiger partial charge on any atom is 0.252 e. The van der Waals surface area contributed by atoms with Crippen molar-refractivity contribution in [2.45, 2.75) is 12.1 Å². The van der Waals surface area contributed by atoms with Gasteiger partial charge in [-0.25, -0.2) is 0 Å². The second-order valence-corrected chi connectivity index (χ2v) is 6.93. The Balaban J connectivity index is 1.71. The summed E-state index contributed by atoms with van der Waals surface area (Å²) in [6, 6.07) is 23.5. The maximum atomic E-state index is 12.8. The molecular formula is C23H21ClN2O3. The van der Waals surface area contributed by atoms with Crippen LogP contribution in [0.25, 0.3) is 0 Å². The summed E-state index contributed by atoms with van der Waals surface area (Å²) in [6.07, 6.45) is -0.891. The molecule has 2 unspecified atom stereocenters. The highest BCUT2D eigenvalue weighted by molar-refractivity contribution is 6.30. The number of benzene rings is 3. The van der Waals surface area contributed by atoms with E-state index in [9.17, 15) is 14.7 Å². The van der Waals surface area contributed by atoms with Gasteiger partial charge in [-0.05, 0) is 35.4 Å². The Morgan fingerprint density at radius 1 is 0.828 bits per heavy atom. The van der Waals surface area contributed by atoms with Crippen LogP contribution in [0.5, 0.6) is 0 Å². The molecule has 0 spiro atoms. The first-order chi connectivity index (χ1) is 14.0. The number of aliphatic hydroxyl groups is 1. The molecule has 2 atom stereocenters. The van der Waals surface area contributed by atoms with Crippen LogP contribution in [-0.2, 0) is 4.79 Å². The first-order valence-electron chi connectivity index (χ1n) is 9.16. The second-order valence-electron chi connectivity index (χ2n) is 6.50. The highest BCUT2D eigenvalue weighted by Crippen LogP contribution is 2.17. The van der Waals surface area contributed by atoms with Crippen LogP contribution in [-0.4, -0.2) is 23.5 Å². The molecule has 148 valence electrons. The first kappa shape index (κ1) is 20.6. The van der Waals surface area contributed by atoms with E-state index in [-0.39, 0.29) is 12.5 Å². The third-order valence-electron chi connectivity index (χ3n) is 4.43. The molecule has 3 rings (SSSR count). The van der Waals surface area contributed by atoms with Crippen LogP contribution in [0.15, 0.2) is 84.9 Å². The minimum atomic E-state index is -0.891. The van der Waals surface area contributed by atoms with Crippen molar-refractivity contribution < 1.29 is 14.7 Å². The number of rotatable bonds is 7. The van der Waals surface area contributed by atoms with Crippen molar-refractivity contribution in [3.8, 4) is 0 Å². The van der Waals surface area contributed by atoms with Crippen molar-refractivity contribution in [1.82, 2.24) is 10.6 Å². The van der Waals surface area contributed by atoms with Crippen LogP contribution in [0, 0.1) is 0 Å². The Labute approximate surface area is 174 Å². The number of nitrogens with one attached hydrogen (secondary N) is 2. The van der Waals surface area contributed by atoms with Gasteiger partial charge >= 0.3 is 0 Å². The van der Waals surface area contributed by atoms with E-state index in [1.807, 2.05) is 12.1 Å². The molecule has 0 heterocycles. The first-order valence-corrected chi connectivity index (χ1v) is 9.54. The number of aliphatic hydroxyl groups excluding tert-OH is 1. The Kier molecular flexibility index (Phi) is 7.00. The zero-order valence-corrected chi connectivity index (χ0v) is 16.3. The normalized spacial score (nSPS) is 12.6. The molecular weight excluding hydrogens is 388 g/mol. The largest absolute Gasteiger partial charge is 0.387 e. The van der Waals surface area contributed by atoms with Crippen LogP contribution in [0.1, 0.15) is 33.6 Å². The standard InChI is InChI=1S/C23H21ClN2O3/c24-19-13-11-16(12-14-19)20(27)15-25-23(29)21(17-7-3-1-4-8-17)26-22(28)18-9-5-2-6-10-18/h1-14,20-21,27H,15H2,(H,25,29)(H,26,28). The van der Waals surface area contributed by atoms with Crippen LogP contribution in [0.2, 0.25) is 5.02 Å². The SMILES string of the molecule is O=C(NC(C(=O)NCC(O)c1ccc(Cl)cc1)c1ccccc1)c1ccccc1. The van der Waals surface area contributed by atoms with Gasteiger partial charge in [0.25, 0.3) is 5.91 Å². The quantitative estimate of drug-likeness (QED) is 0.558. The van der Waals surface area contributed by atoms with Crippen LogP contribution in [0.4, 0.5) is 0 Å². The number of carbonyl (C=O) groups is 2. The highest BCUT2D eigenvalue weighted by Gasteiger charge is 2.23. The van der Waals surface area contributed by atoms with E-state index in [1.54, 1.807) is 72.8 Å². The molecule has 0 fully saturated rings. The molecule has 3 N–H and O–H groups in total. The van der Waals surface area contributed by atoms with Gasteiger partial charge in [-0.2, -0.15) is 0 Å². The lowest BCUT2D eigenvalue weighted by Crippen LogP contribution is -2.41. The number of hydrogen-bond donors (Lipinski definition) is 3. The topological polar surface area (TPSA) is 78.4 Å². The lowest BCUT2D eigenvalue weighted by Gasteiger charge is -2.20. The number of halogens is 1. The summed E-state index contributed by atoms with van der Waals surface area (Å²) in [5, 5.41) is 16.4. The summed E-state index contributed by atoms with van der Waals surface area (Å²) in [6.45, 7) is 0.00497. The molecule has 0 bridgehead atoms. The Bertz CT molecular complexity index is 947. The van der Waals surface area contributed by atoms with Gasteiger partial charge in [-0.1, -0.05) is 72.3 Å². The third kappa shape index (κ3) is 5.67. The average Bonchev–Trinajstić information content (AvgIpc) is 2.77. The summed E-state index contributed by atoms with van der Waals surface area (Å²) < 4.78 is 0. The molecule has 0 aliphatic heterocycles. The van der Waals surface area contributed by atoms with Crippen LogP contribution >= 0.6 is 11.6 Å². The molecule has 2 amide bonds. The van der Waals surface area contributed by atoms with Gasteiger partial charge in [0.1, 0.15) is 6.04 Å². The molecule has 3 aromatic rings. The fourth-order valence-electron chi connectivity index (χ4n) is 2.85. The average molecular weight is 409 g/mol. The van der Waals surface area contributed by atoms with E-state index in [0.29, 0.717) is 21.7 Å². The highest BCUT2D eigenvalue weighted by atomic mass is 35.5. The smallest absolute Gasteiger partial charge is 0.252 e. The summed E-state index contributed by atoms with van der Waals surface area (Å²) in [4.78, 5) is 25.4. The number of hydrogen-bond acceptors (Lipinski definition) is 3. The van der Waals surface area contributed by atoms with E-state index in [0.717, 1.165) is 0 Å². The molecule has 29 heavy (non-hydrogen) atoms. The van der Waals surface area contributed by atoms with Gasteiger partial charge in [0.15, 0.2) is 0 Å². The van der Waals surface area contributed by atoms with Crippen molar-refractivity contribution in [2.24, 2.45) is 0 Å².